The minimum atomic E-state index is -0.381. The molecule has 2 saturated heterocycles. The second-order valence-electron chi connectivity index (χ2n) is 8.85. The van der Waals surface area contributed by atoms with Crippen molar-refractivity contribution in [2.45, 2.75) is 44.9 Å². The number of imidazole rings is 1. The first-order valence-electron chi connectivity index (χ1n) is 11.4. The van der Waals surface area contributed by atoms with Crippen molar-refractivity contribution in [2.75, 3.05) is 19.7 Å². The van der Waals surface area contributed by atoms with Gasteiger partial charge in [0.2, 0.25) is 0 Å². The molecule has 2 fully saturated rings. The van der Waals surface area contributed by atoms with Crippen LogP contribution in [0, 0.1) is 11.7 Å². The Hall–Kier alpha value is -2.71. The standard InChI is InChI=1S/C24H27ClFN5O2/c25-19-2-1-18(21(26)14-19)15-31-10-5-22(28-31)24(32)29-8-3-17(4-9-29)13-23-27-7-11-30(23)16-20-6-12-33-20/h1-2,5,7,10-11,14,17,20H,3-4,6,8-9,12-13,15-16H2/t20-/m0/s1. The fraction of sp³-hybridized carbons (Fsp3) is 0.458. The molecule has 0 aliphatic carbocycles. The largest absolute Gasteiger partial charge is 0.376 e. The van der Waals surface area contributed by atoms with E-state index in [1.54, 1.807) is 29.1 Å². The second-order valence-corrected chi connectivity index (χ2v) is 9.29. The van der Waals surface area contributed by atoms with Crippen molar-refractivity contribution in [3.63, 3.8) is 0 Å². The molecule has 0 bridgehead atoms. The second kappa shape index (κ2) is 9.65. The summed E-state index contributed by atoms with van der Waals surface area (Å²) in [6.45, 7) is 3.38. The first-order chi connectivity index (χ1) is 16.0. The number of rotatable bonds is 7. The number of nitrogens with zero attached hydrogens (tertiary/aromatic N) is 5. The fourth-order valence-electron chi connectivity index (χ4n) is 4.49. The molecule has 4 heterocycles. The first-order valence-corrected chi connectivity index (χ1v) is 11.8. The van der Waals surface area contributed by atoms with E-state index >= 15 is 0 Å². The molecule has 0 saturated carbocycles. The van der Waals surface area contributed by atoms with Gasteiger partial charge in [0, 0.05) is 55.3 Å². The van der Waals surface area contributed by atoms with Crippen LogP contribution in [0.25, 0.3) is 0 Å². The Kier molecular flexibility index (Phi) is 6.46. The first kappa shape index (κ1) is 22.1. The molecule has 0 N–H and O–H groups in total. The van der Waals surface area contributed by atoms with Gasteiger partial charge in [-0.25, -0.2) is 9.37 Å². The zero-order valence-corrected chi connectivity index (χ0v) is 19.1. The zero-order chi connectivity index (χ0) is 22.8. The monoisotopic (exact) mass is 471 g/mol. The minimum Gasteiger partial charge on any atom is -0.376 e. The van der Waals surface area contributed by atoms with Gasteiger partial charge in [-0.3, -0.25) is 9.48 Å². The molecule has 2 aliphatic heterocycles. The molecule has 0 unspecified atom stereocenters. The average molecular weight is 472 g/mol. The molecule has 1 aromatic carbocycles. The Morgan fingerprint density at radius 3 is 2.73 bits per heavy atom. The molecule has 2 aliphatic rings. The van der Waals surface area contributed by atoms with Crippen molar-refractivity contribution in [2.24, 2.45) is 5.92 Å². The number of aromatic nitrogens is 4. The third-order valence-electron chi connectivity index (χ3n) is 6.58. The molecular formula is C24H27ClFN5O2. The Labute approximate surface area is 197 Å². The fourth-order valence-corrected chi connectivity index (χ4v) is 4.65. The highest BCUT2D eigenvalue weighted by molar-refractivity contribution is 6.30. The maximum Gasteiger partial charge on any atom is 0.274 e. The van der Waals surface area contributed by atoms with E-state index in [0.29, 0.717) is 41.4 Å². The van der Waals surface area contributed by atoms with Crippen LogP contribution in [0.1, 0.15) is 41.1 Å². The quantitative estimate of drug-likeness (QED) is 0.525. The summed E-state index contributed by atoms with van der Waals surface area (Å²) in [6, 6.07) is 6.26. The van der Waals surface area contributed by atoms with Gasteiger partial charge in [-0.2, -0.15) is 5.10 Å². The zero-order valence-electron chi connectivity index (χ0n) is 18.4. The van der Waals surface area contributed by atoms with E-state index in [1.807, 2.05) is 17.3 Å². The highest BCUT2D eigenvalue weighted by Crippen LogP contribution is 2.23. The summed E-state index contributed by atoms with van der Waals surface area (Å²) in [4.78, 5) is 19.4. The van der Waals surface area contributed by atoms with Gasteiger partial charge in [0.15, 0.2) is 0 Å². The van der Waals surface area contributed by atoms with E-state index in [9.17, 15) is 9.18 Å². The molecule has 2 aromatic heterocycles. The molecule has 9 heteroatoms. The smallest absolute Gasteiger partial charge is 0.274 e. The normalized spacial score (nSPS) is 19.0. The highest BCUT2D eigenvalue weighted by atomic mass is 35.5. The lowest BCUT2D eigenvalue weighted by Gasteiger charge is -2.32. The van der Waals surface area contributed by atoms with Gasteiger partial charge < -0.3 is 14.2 Å². The molecular weight excluding hydrogens is 445 g/mol. The van der Waals surface area contributed by atoms with Gasteiger partial charge in [-0.15, -0.1) is 0 Å². The lowest BCUT2D eigenvalue weighted by atomic mass is 9.93. The molecule has 7 nitrogen and oxygen atoms in total. The Balaban J connectivity index is 1.14. The number of hydrogen-bond donors (Lipinski definition) is 0. The number of amides is 1. The van der Waals surface area contributed by atoms with Crippen LogP contribution in [0.15, 0.2) is 42.9 Å². The molecule has 0 spiro atoms. The lowest BCUT2D eigenvalue weighted by molar-refractivity contribution is -0.0596. The number of carbonyl (C=O) groups is 1. The third-order valence-corrected chi connectivity index (χ3v) is 6.81. The van der Waals surface area contributed by atoms with Crippen LogP contribution in [-0.4, -0.2) is 55.9 Å². The van der Waals surface area contributed by atoms with E-state index in [2.05, 4.69) is 14.6 Å². The van der Waals surface area contributed by atoms with Crippen LogP contribution in [0.3, 0.4) is 0 Å². The summed E-state index contributed by atoms with van der Waals surface area (Å²) in [6.07, 6.45) is 9.82. The van der Waals surface area contributed by atoms with Crippen LogP contribution in [0.2, 0.25) is 5.02 Å². The van der Waals surface area contributed by atoms with E-state index in [1.165, 1.54) is 6.07 Å². The molecule has 3 aromatic rings. The Morgan fingerprint density at radius 1 is 1.18 bits per heavy atom. The third kappa shape index (κ3) is 5.12. The lowest BCUT2D eigenvalue weighted by Crippen LogP contribution is -2.39. The van der Waals surface area contributed by atoms with Crippen LogP contribution in [-0.2, 0) is 24.2 Å². The van der Waals surface area contributed by atoms with Gasteiger partial charge in [0.1, 0.15) is 17.3 Å². The number of halogens is 2. The maximum atomic E-state index is 14.1. The van der Waals surface area contributed by atoms with Crippen LogP contribution < -0.4 is 0 Å². The SMILES string of the molecule is O=C(c1ccn(Cc2ccc(Cl)cc2F)n1)N1CCC(Cc2nccn2C[C@@H]2CCO2)CC1. The molecule has 33 heavy (non-hydrogen) atoms. The summed E-state index contributed by atoms with van der Waals surface area (Å²) in [5.74, 6) is 1.15. The van der Waals surface area contributed by atoms with Crippen LogP contribution >= 0.6 is 11.6 Å². The average Bonchev–Trinajstić information content (AvgIpc) is 3.42. The molecule has 1 atom stereocenters. The Bertz CT molecular complexity index is 1120. The minimum absolute atomic E-state index is 0.0765. The predicted molar refractivity (Wildman–Crippen MR) is 122 cm³/mol. The molecule has 0 radical (unpaired) electrons. The summed E-state index contributed by atoms with van der Waals surface area (Å²) >= 11 is 5.81. The number of ether oxygens (including phenoxy) is 1. The summed E-state index contributed by atoms with van der Waals surface area (Å²) < 4.78 is 23.4. The molecule has 5 rings (SSSR count). The number of hydrogen-bond acceptors (Lipinski definition) is 4. The predicted octanol–water partition coefficient (Wildman–Crippen LogP) is 3.80. The van der Waals surface area contributed by atoms with Crippen molar-refractivity contribution >= 4 is 17.5 Å². The van der Waals surface area contributed by atoms with Gasteiger partial charge in [0.05, 0.1) is 19.2 Å². The van der Waals surface area contributed by atoms with E-state index < -0.39 is 0 Å². The topological polar surface area (TPSA) is 65.2 Å². The molecule has 1 amide bonds. The summed E-state index contributed by atoms with van der Waals surface area (Å²) in [7, 11) is 0. The van der Waals surface area contributed by atoms with Crippen molar-refractivity contribution in [1.82, 2.24) is 24.2 Å². The van der Waals surface area contributed by atoms with Crippen molar-refractivity contribution in [1.29, 1.82) is 0 Å². The highest BCUT2D eigenvalue weighted by Gasteiger charge is 2.27. The number of carbonyl (C=O) groups excluding carboxylic acids is 1. The number of benzene rings is 1. The van der Waals surface area contributed by atoms with Crippen LogP contribution in [0.5, 0.6) is 0 Å². The van der Waals surface area contributed by atoms with Gasteiger partial charge in [-0.1, -0.05) is 17.7 Å². The van der Waals surface area contributed by atoms with Crippen molar-refractivity contribution in [3.05, 3.63) is 70.8 Å². The van der Waals surface area contributed by atoms with Gasteiger partial charge in [-0.05, 0) is 43.4 Å². The van der Waals surface area contributed by atoms with E-state index in [-0.39, 0.29) is 18.3 Å². The maximum absolute atomic E-state index is 14.1. The van der Waals surface area contributed by atoms with Crippen molar-refractivity contribution < 1.29 is 13.9 Å². The molecule has 174 valence electrons. The summed E-state index contributed by atoms with van der Waals surface area (Å²) in [5, 5.41) is 4.73. The van der Waals surface area contributed by atoms with Crippen molar-refractivity contribution in [3.8, 4) is 0 Å². The van der Waals surface area contributed by atoms with Crippen LogP contribution in [0.4, 0.5) is 4.39 Å². The number of piperidine rings is 1. The van der Waals surface area contributed by atoms with E-state index in [0.717, 1.165) is 44.7 Å². The Morgan fingerprint density at radius 2 is 2.00 bits per heavy atom. The summed E-state index contributed by atoms with van der Waals surface area (Å²) in [5.41, 5.74) is 0.864. The number of likely N-dealkylation sites (tertiary alicyclic amines) is 1. The van der Waals surface area contributed by atoms with Gasteiger partial charge >= 0.3 is 0 Å². The van der Waals surface area contributed by atoms with Gasteiger partial charge in [0.25, 0.3) is 5.91 Å². The van der Waals surface area contributed by atoms with E-state index in [4.69, 9.17) is 16.3 Å².